The van der Waals surface area contributed by atoms with Crippen molar-refractivity contribution in [3.05, 3.63) is 116 Å². The number of nitrogens with zero attached hydrogens (tertiary/aromatic N) is 4. The number of halogens is 1. The van der Waals surface area contributed by atoms with E-state index >= 15 is 0 Å². The van der Waals surface area contributed by atoms with Crippen LogP contribution in [-0.4, -0.2) is 36.6 Å². The number of carbonyl (C=O) groups is 1. The molecule has 12 heteroatoms. The van der Waals surface area contributed by atoms with Crippen LogP contribution in [0.5, 0.6) is 0 Å². The molecule has 0 bridgehead atoms. The second-order valence-electron chi connectivity index (χ2n) is 8.50. The molecule has 0 unspecified atom stereocenters. The molecule has 39 heavy (non-hydrogen) atoms. The summed E-state index contributed by atoms with van der Waals surface area (Å²) in [4.78, 5) is 23.7. The number of aryl methyl sites for hydroxylation is 1. The summed E-state index contributed by atoms with van der Waals surface area (Å²) in [6, 6.07) is 22.5. The van der Waals surface area contributed by atoms with E-state index in [1.54, 1.807) is 6.07 Å². The number of amides is 1. The normalized spacial score (nSPS) is 11.5. The number of nitro groups is 1. The van der Waals surface area contributed by atoms with Gasteiger partial charge in [0.05, 0.1) is 16.0 Å². The number of nitro benzene ring substituents is 1. The van der Waals surface area contributed by atoms with Crippen molar-refractivity contribution in [3.8, 4) is 5.69 Å². The zero-order chi connectivity index (χ0) is 28.2. The molecular weight excluding hydrogens is 586 g/mol. The molecule has 0 aliphatic rings. The molecule has 0 atom stereocenters. The molecule has 1 N–H and O–H groups in total. The van der Waals surface area contributed by atoms with Gasteiger partial charge in [0.25, 0.3) is 21.6 Å². The van der Waals surface area contributed by atoms with Crippen LogP contribution >= 0.6 is 15.9 Å². The van der Waals surface area contributed by atoms with Gasteiger partial charge in [-0.25, -0.2) is 18.1 Å². The first-order valence-electron chi connectivity index (χ1n) is 11.7. The topological polar surface area (TPSA) is 127 Å². The number of hydrazone groups is 1. The lowest BCUT2D eigenvalue weighted by Gasteiger charge is -2.23. The molecule has 4 rings (SSSR count). The van der Waals surface area contributed by atoms with Gasteiger partial charge in [0.15, 0.2) is 0 Å². The van der Waals surface area contributed by atoms with Gasteiger partial charge in [-0.3, -0.25) is 14.9 Å². The van der Waals surface area contributed by atoms with Gasteiger partial charge in [-0.1, -0.05) is 46.3 Å². The minimum atomic E-state index is -4.32. The lowest BCUT2D eigenvalue weighted by molar-refractivity contribution is -0.384. The van der Waals surface area contributed by atoms with Gasteiger partial charge in [0, 0.05) is 33.2 Å². The molecule has 0 saturated carbocycles. The van der Waals surface area contributed by atoms with Crippen molar-refractivity contribution in [2.75, 3.05) is 10.8 Å². The number of benzene rings is 3. The van der Waals surface area contributed by atoms with E-state index in [4.69, 9.17) is 0 Å². The monoisotopic (exact) mass is 609 g/mol. The highest BCUT2D eigenvalue weighted by molar-refractivity contribution is 9.10. The van der Waals surface area contributed by atoms with Crippen molar-refractivity contribution >= 4 is 49.4 Å². The van der Waals surface area contributed by atoms with E-state index in [2.05, 4.69) is 26.5 Å². The molecule has 3 aromatic carbocycles. The van der Waals surface area contributed by atoms with E-state index in [9.17, 15) is 23.3 Å². The Morgan fingerprint density at radius 1 is 1.05 bits per heavy atom. The summed E-state index contributed by atoms with van der Waals surface area (Å²) >= 11 is 3.43. The fourth-order valence-corrected chi connectivity index (χ4v) is 5.81. The van der Waals surface area contributed by atoms with Gasteiger partial charge in [0.1, 0.15) is 12.2 Å². The van der Waals surface area contributed by atoms with Crippen molar-refractivity contribution < 1.29 is 18.1 Å². The van der Waals surface area contributed by atoms with Gasteiger partial charge in [-0.15, -0.1) is 0 Å². The molecule has 0 fully saturated rings. The smallest absolute Gasteiger partial charge is 0.293 e. The van der Waals surface area contributed by atoms with Crippen molar-refractivity contribution in [1.29, 1.82) is 0 Å². The maximum Gasteiger partial charge on any atom is 0.293 e. The Bertz CT molecular complexity index is 1650. The van der Waals surface area contributed by atoms with Crippen molar-refractivity contribution in [2.24, 2.45) is 5.10 Å². The van der Waals surface area contributed by atoms with Crippen molar-refractivity contribution in [3.63, 3.8) is 0 Å². The minimum absolute atomic E-state index is 0.111. The molecule has 0 saturated heterocycles. The SMILES string of the molecule is Cc1cc(/C=N\NC(=O)CN(c2ccccc2[N+](=O)[O-])S(=O)(=O)c2ccccc2)c(C)n1-c1ccc(Br)cc1. The van der Waals surface area contributed by atoms with Crippen LogP contribution in [0.25, 0.3) is 5.69 Å². The second kappa shape index (κ2) is 11.6. The molecule has 0 radical (unpaired) electrons. The number of nitrogens with one attached hydrogen (secondary N) is 1. The van der Waals surface area contributed by atoms with Crippen LogP contribution in [0.15, 0.2) is 99.4 Å². The number of rotatable bonds is 9. The fourth-order valence-electron chi connectivity index (χ4n) is 4.09. The standard InChI is InChI=1S/C27H24BrN5O5S/c1-19-16-21(20(2)32(19)23-14-12-22(28)13-15-23)17-29-30-27(34)18-31(25-10-6-7-11-26(25)33(35)36)39(37,38)24-8-4-3-5-9-24/h3-17H,18H2,1-2H3,(H,30,34)/b29-17-. The van der Waals surface area contributed by atoms with Crippen LogP contribution in [-0.2, 0) is 14.8 Å². The molecule has 0 spiro atoms. The second-order valence-corrected chi connectivity index (χ2v) is 11.3. The quantitative estimate of drug-likeness (QED) is 0.160. The Hall–Kier alpha value is -4.29. The summed E-state index contributed by atoms with van der Waals surface area (Å²) in [6.07, 6.45) is 1.47. The van der Waals surface area contributed by atoms with E-state index < -0.39 is 33.1 Å². The average Bonchev–Trinajstić information content (AvgIpc) is 3.20. The van der Waals surface area contributed by atoms with Crippen molar-refractivity contribution in [1.82, 2.24) is 9.99 Å². The van der Waals surface area contributed by atoms with E-state index in [-0.39, 0.29) is 10.6 Å². The number of hydrogen-bond donors (Lipinski definition) is 1. The number of sulfonamides is 1. The predicted molar refractivity (Wildman–Crippen MR) is 153 cm³/mol. The molecule has 200 valence electrons. The summed E-state index contributed by atoms with van der Waals surface area (Å²) < 4.78 is 30.6. The Kier molecular flexibility index (Phi) is 8.27. The Labute approximate surface area is 233 Å². The summed E-state index contributed by atoms with van der Waals surface area (Å²) in [5.41, 5.74) is 5.22. The molecule has 10 nitrogen and oxygen atoms in total. The molecule has 1 heterocycles. The van der Waals surface area contributed by atoms with E-state index in [1.165, 1.54) is 54.7 Å². The fraction of sp³-hybridized carbons (Fsp3) is 0.111. The Morgan fingerprint density at radius 2 is 1.69 bits per heavy atom. The van der Waals surface area contributed by atoms with Gasteiger partial charge >= 0.3 is 0 Å². The number of hydrogen-bond acceptors (Lipinski definition) is 6. The highest BCUT2D eigenvalue weighted by Crippen LogP contribution is 2.32. The van der Waals surface area contributed by atoms with Crippen LogP contribution in [0.1, 0.15) is 17.0 Å². The average molecular weight is 610 g/mol. The van der Waals surface area contributed by atoms with Gasteiger partial charge in [-0.2, -0.15) is 5.10 Å². The number of anilines is 1. The largest absolute Gasteiger partial charge is 0.318 e. The summed E-state index contributed by atoms with van der Waals surface area (Å²) in [7, 11) is -4.32. The Balaban J connectivity index is 1.59. The van der Waals surface area contributed by atoms with Crippen LogP contribution in [0, 0.1) is 24.0 Å². The third-order valence-corrected chi connectivity index (χ3v) is 8.22. The molecule has 0 aliphatic carbocycles. The highest BCUT2D eigenvalue weighted by Gasteiger charge is 2.31. The summed E-state index contributed by atoms with van der Waals surface area (Å²) in [5.74, 6) is -0.773. The third-order valence-electron chi connectivity index (χ3n) is 5.91. The van der Waals surface area contributed by atoms with Gasteiger partial charge in [-0.05, 0) is 62.4 Å². The first-order valence-corrected chi connectivity index (χ1v) is 13.9. The highest BCUT2D eigenvalue weighted by atomic mass is 79.9. The lowest BCUT2D eigenvalue weighted by Crippen LogP contribution is -2.39. The van der Waals surface area contributed by atoms with Crippen LogP contribution in [0.4, 0.5) is 11.4 Å². The molecule has 1 amide bonds. The molecule has 4 aromatic rings. The zero-order valence-corrected chi connectivity index (χ0v) is 23.4. The van der Waals surface area contributed by atoms with E-state index in [0.29, 0.717) is 4.31 Å². The van der Waals surface area contributed by atoms with E-state index in [1.807, 2.05) is 48.7 Å². The zero-order valence-electron chi connectivity index (χ0n) is 21.0. The first-order chi connectivity index (χ1) is 18.6. The van der Waals surface area contributed by atoms with Gasteiger partial charge in [0.2, 0.25) is 0 Å². The summed E-state index contributed by atoms with van der Waals surface area (Å²) in [5, 5.41) is 15.7. The van der Waals surface area contributed by atoms with Crippen LogP contribution in [0.2, 0.25) is 0 Å². The van der Waals surface area contributed by atoms with E-state index in [0.717, 1.165) is 27.1 Å². The number of carbonyl (C=O) groups excluding carboxylic acids is 1. The lowest BCUT2D eigenvalue weighted by atomic mass is 10.2. The van der Waals surface area contributed by atoms with Gasteiger partial charge < -0.3 is 4.57 Å². The number of aromatic nitrogens is 1. The van der Waals surface area contributed by atoms with Crippen molar-refractivity contribution in [2.45, 2.75) is 18.7 Å². The first kappa shape index (κ1) is 27.7. The maximum atomic E-state index is 13.5. The van der Waals surface area contributed by atoms with Crippen LogP contribution in [0.3, 0.4) is 0 Å². The Morgan fingerprint density at radius 3 is 2.36 bits per heavy atom. The number of para-hydroxylation sites is 2. The molecule has 0 aliphatic heterocycles. The summed E-state index contributed by atoms with van der Waals surface area (Å²) in [6.45, 7) is 3.14. The van der Waals surface area contributed by atoms with Crippen LogP contribution < -0.4 is 9.73 Å². The predicted octanol–water partition coefficient (Wildman–Crippen LogP) is 5.11. The molecule has 1 aromatic heterocycles. The molecular formula is C27H24BrN5O5S. The third kappa shape index (κ3) is 6.07. The minimum Gasteiger partial charge on any atom is -0.318 e. The maximum absolute atomic E-state index is 13.5.